The van der Waals surface area contributed by atoms with E-state index in [4.69, 9.17) is 0 Å². The number of nitrogens with zero attached hydrogens (tertiary/aromatic N) is 1. The van der Waals surface area contributed by atoms with E-state index in [2.05, 4.69) is 5.32 Å². The first-order valence-corrected chi connectivity index (χ1v) is 6.08. The molecule has 0 aliphatic rings. The Balaban J connectivity index is 2.39. The van der Waals surface area contributed by atoms with Crippen molar-refractivity contribution in [3.8, 4) is 5.75 Å². The number of hydrogen-bond donors (Lipinski definition) is 2. The number of rotatable bonds is 4. The zero-order chi connectivity index (χ0) is 15.6. The molecule has 0 bridgehead atoms. The predicted molar refractivity (Wildman–Crippen MR) is 73.2 cm³/mol. The highest BCUT2D eigenvalue weighted by molar-refractivity contribution is 5.63. The van der Waals surface area contributed by atoms with Crippen molar-refractivity contribution in [2.75, 3.05) is 5.32 Å². The minimum Gasteiger partial charge on any atom is -0.508 e. The number of halogens is 2. The average molecular weight is 294 g/mol. The number of nitrogens with one attached hydrogen (secondary N) is 1. The molecule has 0 radical (unpaired) electrons. The van der Waals surface area contributed by atoms with Crippen LogP contribution in [-0.2, 0) is 0 Å². The molecule has 1 atom stereocenters. The smallest absolute Gasteiger partial charge is 0.295 e. The molecule has 110 valence electrons. The van der Waals surface area contributed by atoms with E-state index < -0.39 is 34.0 Å². The van der Waals surface area contributed by atoms with Gasteiger partial charge < -0.3 is 10.4 Å². The van der Waals surface area contributed by atoms with E-state index in [0.717, 1.165) is 6.07 Å². The van der Waals surface area contributed by atoms with Gasteiger partial charge in [-0.2, -0.15) is 0 Å². The van der Waals surface area contributed by atoms with Crippen LogP contribution in [0.2, 0.25) is 0 Å². The number of benzene rings is 2. The van der Waals surface area contributed by atoms with Crippen molar-refractivity contribution in [2.45, 2.75) is 13.0 Å². The Morgan fingerprint density at radius 1 is 1.29 bits per heavy atom. The molecule has 0 saturated heterocycles. The van der Waals surface area contributed by atoms with Gasteiger partial charge in [0.2, 0.25) is 0 Å². The Bertz CT molecular complexity index is 692. The lowest BCUT2D eigenvalue weighted by atomic mass is 10.1. The van der Waals surface area contributed by atoms with E-state index in [-0.39, 0.29) is 5.75 Å². The molecule has 0 amide bonds. The van der Waals surface area contributed by atoms with Crippen LogP contribution in [0.15, 0.2) is 36.4 Å². The molecule has 21 heavy (non-hydrogen) atoms. The topological polar surface area (TPSA) is 75.4 Å². The molecule has 5 nitrogen and oxygen atoms in total. The van der Waals surface area contributed by atoms with Crippen molar-refractivity contribution < 1.29 is 18.8 Å². The SMILES string of the molecule is CC(Nc1c([N+](=O)[O-])ccc(F)c1F)c1cccc(O)c1. The third-order valence-electron chi connectivity index (χ3n) is 3.00. The van der Waals surface area contributed by atoms with E-state index in [1.165, 1.54) is 12.1 Å². The van der Waals surface area contributed by atoms with Crippen LogP contribution in [0, 0.1) is 21.7 Å². The lowest BCUT2D eigenvalue weighted by Crippen LogP contribution is -2.10. The summed E-state index contributed by atoms with van der Waals surface area (Å²) in [6, 6.07) is 7.17. The molecule has 0 aliphatic heterocycles. The molecule has 1 unspecified atom stereocenters. The Morgan fingerprint density at radius 2 is 2.00 bits per heavy atom. The number of nitro benzene ring substituents is 1. The van der Waals surface area contributed by atoms with E-state index >= 15 is 0 Å². The van der Waals surface area contributed by atoms with E-state index in [9.17, 15) is 24.0 Å². The van der Waals surface area contributed by atoms with Crippen LogP contribution in [0.5, 0.6) is 5.75 Å². The summed E-state index contributed by atoms with van der Waals surface area (Å²) >= 11 is 0. The number of phenolic OH excluding ortho intramolecular Hbond substituents is 1. The second-order valence-electron chi connectivity index (χ2n) is 4.47. The van der Waals surface area contributed by atoms with Gasteiger partial charge in [0.05, 0.1) is 4.92 Å². The minimum atomic E-state index is -1.31. The summed E-state index contributed by atoms with van der Waals surface area (Å²) in [6.45, 7) is 1.61. The molecule has 0 spiro atoms. The molecule has 0 fully saturated rings. The molecular weight excluding hydrogens is 282 g/mol. The summed E-state index contributed by atoms with van der Waals surface area (Å²) in [4.78, 5) is 10.1. The van der Waals surface area contributed by atoms with Crippen molar-refractivity contribution in [3.05, 3.63) is 63.7 Å². The second-order valence-corrected chi connectivity index (χ2v) is 4.47. The number of aromatic hydroxyl groups is 1. The summed E-state index contributed by atoms with van der Waals surface area (Å²) in [7, 11) is 0. The fourth-order valence-electron chi connectivity index (χ4n) is 1.92. The fraction of sp³-hybridized carbons (Fsp3) is 0.143. The zero-order valence-electron chi connectivity index (χ0n) is 11.0. The van der Waals surface area contributed by atoms with Gasteiger partial charge in [-0.3, -0.25) is 10.1 Å². The lowest BCUT2D eigenvalue weighted by Gasteiger charge is -2.16. The molecule has 0 saturated carbocycles. The molecule has 0 aromatic heterocycles. The van der Waals surface area contributed by atoms with Crippen molar-refractivity contribution in [2.24, 2.45) is 0 Å². The van der Waals surface area contributed by atoms with Gasteiger partial charge in [-0.25, -0.2) is 8.78 Å². The summed E-state index contributed by atoms with van der Waals surface area (Å²) in [6.07, 6.45) is 0. The summed E-state index contributed by atoms with van der Waals surface area (Å²) < 4.78 is 27.0. The van der Waals surface area contributed by atoms with Crippen LogP contribution in [0.4, 0.5) is 20.2 Å². The van der Waals surface area contributed by atoms with Crippen LogP contribution in [0.25, 0.3) is 0 Å². The van der Waals surface area contributed by atoms with Crippen LogP contribution in [-0.4, -0.2) is 10.0 Å². The largest absolute Gasteiger partial charge is 0.508 e. The maximum Gasteiger partial charge on any atom is 0.295 e. The molecule has 0 heterocycles. The van der Waals surface area contributed by atoms with Gasteiger partial charge in [-0.15, -0.1) is 0 Å². The average Bonchev–Trinajstić information content (AvgIpc) is 2.43. The molecule has 2 N–H and O–H groups in total. The number of phenols is 1. The number of hydrogen-bond acceptors (Lipinski definition) is 4. The molecule has 7 heteroatoms. The Kier molecular flexibility index (Phi) is 4.02. The second kappa shape index (κ2) is 5.74. The van der Waals surface area contributed by atoms with Crippen molar-refractivity contribution in [3.63, 3.8) is 0 Å². The van der Waals surface area contributed by atoms with Crippen LogP contribution >= 0.6 is 0 Å². The molecule has 2 rings (SSSR count). The van der Waals surface area contributed by atoms with Crippen molar-refractivity contribution in [1.82, 2.24) is 0 Å². The Labute approximate surface area is 119 Å². The molecule has 2 aromatic carbocycles. The molecule has 2 aromatic rings. The molecular formula is C14H12F2N2O3. The number of nitro groups is 1. The third-order valence-corrected chi connectivity index (χ3v) is 3.00. The van der Waals surface area contributed by atoms with Gasteiger partial charge >= 0.3 is 0 Å². The predicted octanol–water partition coefficient (Wildman–Crippen LogP) is 3.75. The quantitative estimate of drug-likeness (QED) is 0.665. The third kappa shape index (κ3) is 3.07. The summed E-state index contributed by atoms with van der Waals surface area (Å²) in [5.74, 6) is -2.47. The van der Waals surface area contributed by atoms with E-state index in [1.807, 2.05) is 0 Å². The standard InChI is InChI=1S/C14H12F2N2O3/c1-8(9-3-2-4-10(19)7-9)17-14-12(18(20)21)6-5-11(15)13(14)16/h2-8,17,19H,1H3. The van der Waals surface area contributed by atoms with Gasteiger partial charge in [-0.1, -0.05) is 12.1 Å². The lowest BCUT2D eigenvalue weighted by molar-refractivity contribution is -0.384. The first kappa shape index (κ1) is 14.7. The Morgan fingerprint density at radius 3 is 2.62 bits per heavy atom. The van der Waals surface area contributed by atoms with Crippen molar-refractivity contribution in [1.29, 1.82) is 0 Å². The summed E-state index contributed by atoms with van der Waals surface area (Å²) in [5, 5.41) is 22.9. The number of anilines is 1. The normalized spacial score (nSPS) is 12.0. The van der Waals surface area contributed by atoms with Crippen LogP contribution in [0.1, 0.15) is 18.5 Å². The minimum absolute atomic E-state index is 0.00960. The van der Waals surface area contributed by atoms with Gasteiger partial charge in [-0.05, 0) is 30.7 Å². The fourth-order valence-corrected chi connectivity index (χ4v) is 1.92. The Hall–Kier alpha value is -2.70. The van der Waals surface area contributed by atoms with E-state index in [0.29, 0.717) is 11.6 Å². The highest BCUT2D eigenvalue weighted by Crippen LogP contribution is 2.32. The molecule has 0 aliphatic carbocycles. The first-order chi connectivity index (χ1) is 9.90. The first-order valence-electron chi connectivity index (χ1n) is 6.08. The van der Waals surface area contributed by atoms with Gasteiger partial charge in [0.1, 0.15) is 5.75 Å². The monoisotopic (exact) mass is 294 g/mol. The zero-order valence-corrected chi connectivity index (χ0v) is 11.0. The van der Waals surface area contributed by atoms with Crippen LogP contribution in [0.3, 0.4) is 0 Å². The van der Waals surface area contributed by atoms with E-state index in [1.54, 1.807) is 19.1 Å². The van der Waals surface area contributed by atoms with Gasteiger partial charge in [0.25, 0.3) is 5.69 Å². The highest BCUT2D eigenvalue weighted by Gasteiger charge is 2.23. The highest BCUT2D eigenvalue weighted by atomic mass is 19.2. The van der Waals surface area contributed by atoms with Crippen molar-refractivity contribution >= 4 is 11.4 Å². The van der Waals surface area contributed by atoms with Gasteiger partial charge in [0.15, 0.2) is 17.3 Å². The van der Waals surface area contributed by atoms with Crippen LogP contribution < -0.4 is 5.32 Å². The van der Waals surface area contributed by atoms with Gasteiger partial charge in [0, 0.05) is 12.1 Å². The maximum atomic E-state index is 13.8. The summed E-state index contributed by atoms with van der Waals surface area (Å²) in [5.41, 5.74) is -0.496. The maximum absolute atomic E-state index is 13.8.